The molecule has 0 N–H and O–H groups in total. The van der Waals surface area contributed by atoms with Crippen molar-refractivity contribution in [3.05, 3.63) is 59.2 Å². The molecule has 2 aliphatic rings. The molecule has 0 fully saturated rings. The average molecular weight is 298 g/mol. The van der Waals surface area contributed by atoms with Gasteiger partial charge in [-0.2, -0.15) is 0 Å². The molecule has 22 heavy (non-hydrogen) atoms. The van der Waals surface area contributed by atoms with Gasteiger partial charge in [0.05, 0.1) is 0 Å². The highest BCUT2D eigenvalue weighted by Crippen LogP contribution is 2.32. The summed E-state index contributed by atoms with van der Waals surface area (Å²) in [6.07, 6.45) is 8.87. The van der Waals surface area contributed by atoms with Gasteiger partial charge in [-0.25, -0.2) is 0 Å². The quantitative estimate of drug-likeness (QED) is 0.662. The molecule has 0 atom stereocenters. The summed E-state index contributed by atoms with van der Waals surface area (Å²) in [5.41, 5.74) is 5.92. The van der Waals surface area contributed by atoms with Gasteiger partial charge in [0.15, 0.2) is 11.5 Å². The highest BCUT2D eigenvalue weighted by atomic mass is 16.7. The van der Waals surface area contributed by atoms with Crippen LogP contribution in [0.1, 0.15) is 45.6 Å². The molecule has 2 heteroatoms. The Kier molecular flexibility index (Phi) is 5.88. The number of hydrogen-bond acceptors (Lipinski definition) is 2. The standard InChI is InChI=1S/C10H10O2.C10H16/c1-2-3-8-4-5-9-10(6-8)12-7-11-9;1-8(2)10-6-4-9(3)5-7-10/h2,4-6H,1,3,7H2;4H,5-7H2,1-3H3. The van der Waals surface area contributed by atoms with E-state index in [2.05, 4.69) is 33.4 Å². The van der Waals surface area contributed by atoms with E-state index in [0.717, 1.165) is 17.9 Å². The van der Waals surface area contributed by atoms with Crippen LogP contribution in [0.2, 0.25) is 0 Å². The summed E-state index contributed by atoms with van der Waals surface area (Å²) < 4.78 is 10.4. The molecule has 0 radical (unpaired) electrons. The van der Waals surface area contributed by atoms with Crippen LogP contribution in [0.15, 0.2) is 53.6 Å². The van der Waals surface area contributed by atoms with Crippen molar-refractivity contribution in [1.82, 2.24) is 0 Å². The van der Waals surface area contributed by atoms with Crippen molar-refractivity contribution < 1.29 is 9.47 Å². The zero-order valence-electron chi connectivity index (χ0n) is 13.9. The molecule has 0 spiro atoms. The molecule has 0 aromatic heterocycles. The van der Waals surface area contributed by atoms with Crippen molar-refractivity contribution in [2.75, 3.05) is 6.79 Å². The molecule has 0 amide bonds. The topological polar surface area (TPSA) is 18.5 Å². The lowest BCUT2D eigenvalue weighted by molar-refractivity contribution is 0.174. The van der Waals surface area contributed by atoms with E-state index in [1.807, 2.05) is 24.3 Å². The van der Waals surface area contributed by atoms with Crippen LogP contribution in [0.25, 0.3) is 0 Å². The van der Waals surface area contributed by atoms with Crippen molar-refractivity contribution in [2.45, 2.75) is 46.5 Å². The first-order chi connectivity index (χ1) is 10.6. The van der Waals surface area contributed by atoms with Crippen LogP contribution in [-0.4, -0.2) is 6.79 Å². The number of benzene rings is 1. The minimum absolute atomic E-state index is 0.340. The molecule has 2 nitrogen and oxygen atoms in total. The zero-order chi connectivity index (χ0) is 15.9. The first-order valence-electron chi connectivity index (χ1n) is 7.90. The Hall–Kier alpha value is -1.96. The largest absolute Gasteiger partial charge is 0.454 e. The van der Waals surface area contributed by atoms with E-state index >= 15 is 0 Å². The monoisotopic (exact) mass is 298 g/mol. The third kappa shape index (κ3) is 4.52. The number of fused-ring (bicyclic) bond motifs is 1. The smallest absolute Gasteiger partial charge is 0.231 e. The average Bonchev–Trinajstić information content (AvgIpc) is 2.96. The number of rotatable bonds is 2. The summed E-state index contributed by atoms with van der Waals surface area (Å²) in [6.45, 7) is 10.7. The fourth-order valence-corrected chi connectivity index (χ4v) is 2.54. The van der Waals surface area contributed by atoms with Gasteiger partial charge in [-0.15, -0.1) is 6.58 Å². The van der Waals surface area contributed by atoms with Gasteiger partial charge in [0.25, 0.3) is 0 Å². The normalized spacial score (nSPS) is 15.6. The first kappa shape index (κ1) is 16.4. The van der Waals surface area contributed by atoms with E-state index in [0.29, 0.717) is 6.79 Å². The molecule has 1 aliphatic carbocycles. The molecule has 3 rings (SSSR count). The molecular weight excluding hydrogens is 272 g/mol. The summed E-state index contributed by atoms with van der Waals surface area (Å²) >= 11 is 0. The van der Waals surface area contributed by atoms with Crippen LogP contribution in [0.4, 0.5) is 0 Å². The maximum atomic E-state index is 5.23. The van der Waals surface area contributed by atoms with Crippen molar-refractivity contribution in [2.24, 2.45) is 0 Å². The van der Waals surface area contributed by atoms with E-state index in [4.69, 9.17) is 9.47 Å². The fraction of sp³-hybridized carbons (Fsp3) is 0.400. The SMILES string of the molecule is C=CCc1ccc2c(c1)OCO2.CC1=CCC(=C(C)C)CC1. The van der Waals surface area contributed by atoms with Gasteiger partial charge < -0.3 is 9.47 Å². The van der Waals surface area contributed by atoms with Crippen LogP contribution in [0.3, 0.4) is 0 Å². The van der Waals surface area contributed by atoms with Crippen molar-refractivity contribution in [3.8, 4) is 11.5 Å². The summed E-state index contributed by atoms with van der Waals surface area (Å²) in [5, 5.41) is 0. The van der Waals surface area contributed by atoms with Gasteiger partial charge >= 0.3 is 0 Å². The second-order valence-electron chi connectivity index (χ2n) is 6.04. The van der Waals surface area contributed by atoms with Crippen molar-refractivity contribution in [3.63, 3.8) is 0 Å². The lowest BCUT2D eigenvalue weighted by Crippen LogP contribution is -1.93. The van der Waals surface area contributed by atoms with E-state index in [1.165, 1.54) is 30.4 Å². The van der Waals surface area contributed by atoms with Gasteiger partial charge in [-0.05, 0) is 64.2 Å². The Morgan fingerprint density at radius 1 is 1.18 bits per heavy atom. The van der Waals surface area contributed by atoms with E-state index < -0.39 is 0 Å². The lowest BCUT2D eigenvalue weighted by Gasteiger charge is -2.13. The lowest BCUT2D eigenvalue weighted by atomic mass is 9.93. The number of hydrogen-bond donors (Lipinski definition) is 0. The van der Waals surface area contributed by atoms with Crippen molar-refractivity contribution >= 4 is 0 Å². The second kappa shape index (κ2) is 7.88. The molecule has 1 aromatic carbocycles. The van der Waals surface area contributed by atoms with Gasteiger partial charge in [0, 0.05) is 0 Å². The zero-order valence-corrected chi connectivity index (χ0v) is 13.9. The van der Waals surface area contributed by atoms with E-state index in [9.17, 15) is 0 Å². The third-order valence-corrected chi connectivity index (χ3v) is 4.04. The Balaban J connectivity index is 0.000000164. The molecule has 118 valence electrons. The van der Waals surface area contributed by atoms with Crippen molar-refractivity contribution in [1.29, 1.82) is 0 Å². The third-order valence-electron chi connectivity index (χ3n) is 4.04. The molecule has 0 saturated carbocycles. The molecular formula is C20H26O2. The maximum Gasteiger partial charge on any atom is 0.231 e. The van der Waals surface area contributed by atoms with Crippen LogP contribution in [0.5, 0.6) is 11.5 Å². The Bertz CT molecular complexity index is 590. The second-order valence-corrected chi connectivity index (χ2v) is 6.04. The van der Waals surface area contributed by atoms with Crippen LogP contribution in [0, 0.1) is 0 Å². The minimum atomic E-state index is 0.340. The molecule has 0 unspecified atom stereocenters. The van der Waals surface area contributed by atoms with Gasteiger partial charge in [0.2, 0.25) is 6.79 Å². The predicted octanol–water partition coefficient (Wildman–Crippen LogP) is 5.60. The summed E-state index contributed by atoms with van der Waals surface area (Å²) in [4.78, 5) is 0. The first-order valence-corrected chi connectivity index (χ1v) is 7.90. The molecule has 0 bridgehead atoms. The highest BCUT2D eigenvalue weighted by molar-refractivity contribution is 5.44. The van der Waals surface area contributed by atoms with Crippen LogP contribution < -0.4 is 9.47 Å². The number of allylic oxidation sites excluding steroid dienone is 5. The van der Waals surface area contributed by atoms with Gasteiger partial charge in [-0.3, -0.25) is 0 Å². The maximum absolute atomic E-state index is 5.23. The molecule has 1 aliphatic heterocycles. The molecule has 1 aromatic rings. The Morgan fingerprint density at radius 2 is 1.95 bits per heavy atom. The van der Waals surface area contributed by atoms with Crippen LogP contribution >= 0.6 is 0 Å². The van der Waals surface area contributed by atoms with E-state index in [1.54, 1.807) is 11.1 Å². The summed E-state index contributed by atoms with van der Waals surface area (Å²) in [5.74, 6) is 1.68. The Morgan fingerprint density at radius 3 is 2.59 bits per heavy atom. The summed E-state index contributed by atoms with van der Waals surface area (Å²) in [7, 11) is 0. The van der Waals surface area contributed by atoms with Crippen LogP contribution in [-0.2, 0) is 6.42 Å². The fourth-order valence-electron chi connectivity index (χ4n) is 2.54. The predicted molar refractivity (Wildman–Crippen MR) is 92.4 cm³/mol. The van der Waals surface area contributed by atoms with Gasteiger partial charge in [0.1, 0.15) is 0 Å². The number of ether oxygens (including phenoxy) is 2. The highest BCUT2D eigenvalue weighted by Gasteiger charge is 2.12. The molecule has 0 saturated heterocycles. The van der Waals surface area contributed by atoms with E-state index in [-0.39, 0.29) is 0 Å². The summed E-state index contributed by atoms with van der Waals surface area (Å²) in [6, 6.07) is 5.94. The Labute approximate surface area is 134 Å². The minimum Gasteiger partial charge on any atom is -0.454 e. The molecule has 1 heterocycles. The van der Waals surface area contributed by atoms with Gasteiger partial charge in [-0.1, -0.05) is 34.9 Å².